The quantitative estimate of drug-likeness (QED) is 0.832. The van der Waals surface area contributed by atoms with Crippen molar-refractivity contribution in [3.8, 4) is 5.75 Å². The van der Waals surface area contributed by atoms with E-state index < -0.39 is 0 Å². The molecule has 0 spiro atoms. The molecule has 0 bridgehead atoms. The molecule has 1 aliphatic heterocycles. The average molecular weight is 375 g/mol. The van der Waals surface area contributed by atoms with Gasteiger partial charge in [-0.25, -0.2) is 0 Å². The summed E-state index contributed by atoms with van der Waals surface area (Å²) in [5.41, 5.74) is 2.16. The molecule has 1 amide bonds. The number of amides is 1. The number of phenols is 1. The summed E-state index contributed by atoms with van der Waals surface area (Å²) in [7, 11) is 1.84. The number of halogens is 1. The molecule has 2 aromatic carbocycles. The first-order chi connectivity index (χ1) is 12.5. The number of quaternary nitrogens is 1. The Morgan fingerprint density at radius 2 is 1.88 bits per heavy atom. The van der Waals surface area contributed by atoms with Crippen LogP contribution in [0, 0.1) is 0 Å². The van der Waals surface area contributed by atoms with E-state index in [-0.39, 0.29) is 11.7 Å². The number of likely N-dealkylation sites (N-methyl/N-ethyl adjacent to an activating group) is 1. The molecule has 1 saturated heterocycles. The number of hydrogen-bond acceptors (Lipinski definition) is 3. The van der Waals surface area contributed by atoms with Crippen molar-refractivity contribution < 1.29 is 14.8 Å². The number of carbonyl (C=O) groups excluding carboxylic acids is 1. The fourth-order valence-electron chi connectivity index (χ4n) is 3.27. The van der Waals surface area contributed by atoms with E-state index in [0.29, 0.717) is 18.1 Å². The largest absolute Gasteiger partial charge is 0.508 e. The molecule has 0 aliphatic carbocycles. The highest BCUT2D eigenvalue weighted by Gasteiger charge is 2.23. The lowest BCUT2D eigenvalue weighted by molar-refractivity contribution is -0.892. The molecule has 26 heavy (non-hydrogen) atoms. The lowest BCUT2D eigenvalue weighted by atomic mass is 10.2. The number of carbonyl (C=O) groups is 1. The van der Waals surface area contributed by atoms with Crippen LogP contribution in [0.1, 0.15) is 5.56 Å². The van der Waals surface area contributed by atoms with E-state index in [4.69, 9.17) is 11.6 Å². The van der Waals surface area contributed by atoms with Crippen LogP contribution in [0.25, 0.3) is 0 Å². The molecule has 1 fully saturated rings. The van der Waals surface area contributed by atoms with E-state index in [1.54, 1.807) is 17.0 Å². The highest BCUT2D eigenvalue weighted by atomic mass is 35.5. The third kappa shape index (κ3) is 4.90. The summed E-state index contributed by atoms with van der Waals surface area (Å²) in [6, 6.07) is 14.9. The third-order valence-electron chi connectivity index (χ3n) is 4.82. The van der Waals surface area contributed by atoms with E-state index >= 15 is 0 Å². The Labute approximate surface area is 159 Å². The molecule has 0 atom stereocenters. The van der Waals surface area contributed by atoms with Gasteiger partial charge in [-0.1, -0.05) is 23.7 Å². The second-order valence-electron chi connectivity index (χ2n) is 6.81. The van der Waals surface area contributed by atoms with Gasteiger partial charge in [0.15, 0.2) is 6.54 Å². The normalized spacial score (nSPS) is 15.1. The Balaban J connectivity index is 1.47. The number of benzene rings is 2. The number of rotatable bonds is 5. The number of phenolic OH excluding ortho intramolecular Hbond substituents is 1. The van der Waals surface area contributed by atoms with Crippen LogP contribution < -0.4 is 9.80 Å². The summed E-state index contributed by atoms with van der Waals surface area (Å²) in [5.74, 6) is 0.435. The van der Waals surface area contributed by atoms with Gasteiger partial charge >= 0.3 is 0 Å². The van der Waals surface area contributed by atoms with Gasteiger partial charge < -0.3 is 19.8 Å². The highest BCUT2D eigenvalue weighted by molar-refractivity contribution is 6.30. The fraction of sp³-hybridized carbons (Fsp3) is 0.350. The van der Waals surface area contributed by atoms with Crippen molar-refractivity contribution in [2.45, 2.75) is 6.54 Å². The molecule has 6 heteroatoms. The number of nitrogens with one attached hydrogen (secondary N) is 1. The number of anilines is 1. The monoisotopic (exact) mass is 374 g/mol. The smallest absolute Gasteiger partial charge is 0.277 e. The number of nitrogens with zero attached hydrogens (tertiary/aromatic N) is 2. The van der Waals surface area contributed by atoms with Gasteiger partial charge in [0.05, 0.1) is 26.2 Å². The van der Waals surface area contributed by atoms with Crippen molar-refractivity contribution in [2.24, 2.45) is 0 Å². The standard InChI is InChI=1S/C20H24ClN3O2/c1-22(14-16-3-2-4-17(21)13-16)20(26)15-23-9-11-24(12-10-23)18-5-7-19(25)8-6-18/h2-8,13,25H,9-12,14-15H2,1H3/p+1. The molecule has 2 N–H and O–H groups in total. The molecule has 1 aliphatic rings. The van der Waals surface area contributed by atoms with Gasteiger partial charge in [0, 0.05) is 24.3 Å². The Bertz CT molecular complexity index is 743. The molecule has 3 rings (SSSR count). The van der Waals surface area contributed by atoms with Gasteiger partial charge in [0.2, 0.25) is 0 Å². The maximum Gasteiger partial charge on any atom is 0.277 e. The maximum atomic E-state index is 12.5. The van der Waals surface area contributed by atoms with Crippen LogP contribution in [-0.2, 0) is 11.3 Å². The molecule has 5 nitrogen and oxygen atoms in total. The fourth-order valence-corrected chi connectivity index (χ4v) is 3.48. The van der Waals surface area contributed by atoms with Crippen LogP contribution in [0.15, 0.2) is 48.5 Å². The summed E-state index contributed by atoms with van der Waals surface area (Å²) in [6.07, 6.45) is 0. The summed E-state index contributed by atoms with van der Waals surface area (Å²) >= 11 is 6.01. The Kier molecular flexibility index (Phi) is 6.01. The zero-order chi connectivity index (χ0) is 18.5. The van der Waals surface area contributed by atoms with E-state index in [1.165, 1.54) is 4.90 Å². The topological polar surface area (TPSA) is 48.2 Å². The molecule has 0 radical (unpaired) electrons. The van der Waals surface area contributed by atoms with E-state index in [0.717, 1.165) is 37.4 Å². The predicted octanol–water partition coefficient (Wildman–Crippen LogP) is 1.41. The van der Waals surface area contributed by atoms with Crippen LogP contribution in [0.4, 0.5) is 5.69 Å². The van der Waals surface area contributed by atoms with Crippen molar-refractivity contribution in [1.29, 1.82) is 0 Å². The highest BCUT2D eigenvalue weighted by Crippen LogP contribution is 2.18. The van der Waals surface area contributed by atoms with E-state index in [1.807, 2.05) is 43.4 Å². The number of hydrogen-bond donors (Lipinski definition) is 2. The van der Waals surface area contributed by atoms with Crippen molar-refractivity contribution in [1.82, 2.24) is 4.90 Å². The second-order valence-corrected chi connectivity index (χ2v) is 7.25. The van der Waals surface area contributed by atoms with Crippen molar-refractivity contribution in [2.75, 3.05) is 44.7 Å². The SMILES string of the molecule is CN(Cc1cccc(Cl)c1)C(=O)C[NH+]1CCN(c2ccc(O)cc2)CC1. The predicted molar refractivity (Wildman–Crippen MR) is 104 cm³/mol. The Hall–Kier alpha value is -2.24. The van der Waals surface area contributed by atoms with Crippen LogP contribution in [-0.4, -0.2) is 55.7 Å². The zero-order valence-corrected chi connectivity index (χ0v) is 15.7. The van der Waals surface area contributed by atoms with Gasteiger partial charge in [-0.2, -0.15) is 0 Å². The molecule has 138 valence electrons. The summed E-state index contributed by atoms with van der Waals surface area (Å²) in [4.78, 5) is 17.9. The molecular weight excluding hydrogens is 350 g/mol. The molecular formula is C20H25ClN3O2+. The maximum absolute atomic E-state index is 12.5. The minimum Gasteiger partial charge on any atom is -0.508 e. The average Bonchev–Trinajstić information content (AvgIpc) is 2.63. The first-order valence-electron chi connectivity index (χ1n) is 8.87. The van der Waals surface area contributed by atoms with E-state index in [9.17, 15) is 9.90 Å². The molecule has 1 heterocycles. The van der Waals surface area contributed by atoms with Gasteiger partial charge in [-0.15, -0.1) is 0 Å². The Morgan fingerprint density at radius 1 is 1.19 bits per heavy atom. The zero-order valence-electron chi connectivity index (χ0n) is 15.0. The minimum absolute atomic E-state index is 0.151. The summed E-state index contributed by atoms with van der Waals surface area (Å²) in [6.45, 7) is 4.76. The first-order valence-corrected chi connectivity index (χ1v) is 9.25. The van der Waals surface area contributed by atoms with Crippen LogP contribution in [0.2, 0.25) is 5.02 Å². The van der Waals surface area contributed by atoms with Crippen molar-refractivity contribution in [3.63, 3.8) is 0 Å². The van der Waals surface area contributed by atoms with Crippen LogP contribution in [0.5, 0.6) is 5.75 Å². The Morgan fingerprint density at radius 3 is 2.54 bits per heavy atom. The van der Waals surface area contributed by atoms with Crippen LogP contribution >= 0.6 is 11.6 Å². The van der Waals surface area contributed by atoms with E-state index in [2.05, 4.69) is 4.90 Å². The number of piperazine rings is 1. The first kappa shape index (κ1) is 18.5. The second kappa shape index (κ2) is 8.43. The summed E-state index contributed by atoms with van der Waals surface area (Å²) < 4.78 is 0. The lowest BCUT2D eigenvalue weighted by Gasteiger charge is -2.34. The minimum atomic E-state index is 0.151. The molecule has 0 unspecified atom stereocenters. The molecule has 0 saturated carbocycles. The lowest BCUT2D eigenvalue weighted by Crippen LogP contribution is -3.15. The molecule has 2 aromatic rings. The summed E-state index contributed by atoms with van der Waals surface area (Å²) in [5, 5.41) is 10.1. The van der Waals surface area contributed by atoms with Crippen molar-refractivity contribution in [3.05, 3.63) is 59.1 Å². The van der Waals surface area contributed by atoms with Gasteiger partial charge in [-0.3, -0.25) is 4.79 Å². The third-order valence-corrected chi connectivity index (χ3v) is 5.06. The van der Waals surface area contributed by atoms with Gasteiger partial charge in [0.1, 0.15) is 5.75 Å². The van der Waals surface area contributed by atoms with Gasteiger partial charge in [0.25, 0.3) is 5.91 Å². The molecule has 0 aromatic heterocycles. The van der Waals surface area contributed by atoms with Crippen LogP contribution in [0.3, 0.4) is 0 Å². The number of aromatic hydroxyl groups is 1. The van der Waals surface area contributed by atoms with Crippen molar-refractivity contribution >= 4 is 23.2 Å². The van der Waals surface area contributed by atoms with Gasteiger partial charge in [-0.05, 0) is 42.0 Å².